The van der Waals surface area contributed by atoms with Gasteiger partial charge in [0.25, 0.3) is 0 Å². The molecule has 2 aliphatic rings. The van der Waals surface area contributed by atoms with E-state index in [2.05, 4.69) is 34.4 Å². The van der Waals surface area contributed by atoms with E-state index in [1.54, 1.807) is 0 Å². The Morgan fingerprint density at radius 3 is 2.90 bits per heavy atom. The maximum absolute atomic E-state index is 4.35. The molecule has 2 heterocycles. The Bertz CT molecular complexity index is 440. The quantitative estimate of drug-likeness (QED) is 0.808. The lowest BCUT2D eigenvalue weighted by Gasteiger charge is -2.32. The first-order chi connectivity index (χ1) is 10.4. The van der Waals surface area contributed by atoms with Crippen molar-refractivity contribution in [2.45, 2.75) is 64.5 Å². The first kappa shape index (κ1) is 14.8. The van der Waals surface area contributed by atoms with Gasteiger partial charge in [0, 0.05) is 42.8 Å². The fraction of sp³-hybridized carbons (Fsp3) is 0.722. The zero-order valence-corrected chi connectivity index (χ0v) is 13.4. The van der Waals surface area contributed by atoms with Crippen molar-refractivity contribution in [3.63, 3.8) is 0 Å². The molecule has 1 unspecified atom stereocenters. The molecule has 1 N–H and O–H groups in total. The van der Waals surface area contributed by atoms with E-state index in [0.717, 1.165) is 25.0 Å². The smallest absolute Gasteiger partial charge is 0.0445 e. The van der Waals surface area contributed by atoms with Gasteiger partial charge in [0.1, 0.15) is 0 Å². The number of nitrogens with one attached hydrogen (secondary N) is 1. The number of hydrogen-bond donors (Lipinski definition) is 1. The molecule has 21 heavy (non-hydrogen) atoms. The molecular formula is C18H29N3. The molecule has 1 aliphatic carbocycles. The molecule has 2 fully saturated rings. The number of pyridine rings is 1. The summed E-state index contributed by atoms with van der Waals surface area (Å²) in [5.74, 6) is 0.928. The van der Waals surface area contributed by atoms with E-state index in [4.69, 9.17) is 0 Å². The topological polar surface area (TPSA) is 28.2 Å². The standard InChI is InChI=1S/C18H29N3/c1-2-10-19-13-16-14-20-11-9-18(16)21-12-5-8-17(21)15-6-3-4-7-15/h9,11,14-15,17,19H,2-8,10,12-13H2,1H3. The van der Waals surface area contributed by atoms with E-state index < -0.39 is 0 Å². The Morgan fingerprint density at radius 2 is 2.10 bits per heavy atom. The summed E-state index contributed by atoms with van der Waals surface area (Å²) in [4.78, 5) is 7.05. The number of anilines is 1. The van der Waals surface area contributed by atoms with Gasteiger partial charge in [-0.05, 0) is 50.6 Å². The van der Waals surface area contributed by atoms with Crippen LogP contribution in [0.1, 0.15) is 57.4 Å². The maximum atomic E-state index is 4.35. The Labute approximate surface area is 129 Å². The molecule has 0 radical (unpaired) electrons. The predicted octanol–water partition coefficient (Wildman–Crippen LogP) is 3.74. The normalized spacial score (nSPS) is 23.1. The third kappa shape index (κ3) is 3.39. The zero-order chi connectivity index (χ0) is 14.5. The summed E-state index contributed by atoms with van der Waals surface area (Å²) < 4.78 is 0. The van der Waals surface area contributed by atoms with E-state index in [-0.39, 0.29) is 0 Å². The first-order valence-corrected chi connectivity index (χ1v) is 8.80. The number of hydrogen-bond acceptors (Lipinski definition) is 3. The molecule has 0 aromatic carbocycles. The zero-order valence-electron chi connectivity index (χ0n) is 13.4. The molecule has 3 rings (SSSR count). The Kier molecular flexibility index (Phi) is 5.13. The van der Waals surface area contributed by atoms with Crippen molar-refractivity contribution >= 4 is 5.69 Å². The highest BCUT2D eigenvalue weighted by Crippen LogP contribution is 2.38. The van der Waals surface area contributed by atoms with Gasteiger partial charge in [0.15, 0.2) is 0 Å². The second kappa shape index (κ2) is 7.26. The molecule has 1 aliphatic heterocycles. The van der Waals surface area contributed by atoms with E-state index in [9.17, 15) is 0 Å². The van der Waals surface area contributed by atoms with Gasteiger partial charge in [-0.3, -0.25) is 4.98 Å². The van der Waals surface area contributed by atoms with Crippen LogP contribution in [0.4, 0.5) is 5.69 Å². The van der Waals surface area contributed by atoms with Gasteiger partial charge in [0.2, 0.25) is 0 Å². The lowest BCUT2D eigenvalue weighted by Crippen LogP contribution is -2.35. The molecule has 116 valence electrons. The summed E-state index contributed by atoms with van der Waals surface area (Å²) in [5.41, 5.74) is 2.80. The van der Waals surface area contributed by atoms with E-state index in [0.29, 0.717) is 0 Å². The monoisotopic (exact) mass is 287 g/mol. The van der Waals surface area contributed by atoms with Crippen LogP contribution in [-0.2, 0) is 6.54 Å². The average molecular weight is 287 g/mol. The minimum atomic E-state index is 0.778. The molecule has 3 nitrogen and oxygen atoms in total. The highest BCUT2D eigenvalue weighted by Gasteiger charge is 2.34. The predicted molar refractivity (Wildman–Crippen MR) is 88.6 cm³/mol. The van der Waals surface area contributed by atoms with Gasteiger partial charge in [-0.2, -0.15) is 0 Å². The number of nitrogens with zero attached hydrogens (tertiary/aromatic N) is 2. The third-order valence-corrected chi connectivity index (χ3v) is 5.17. The fourth-order valence-electron chi connectivity index (χ4n) is 4.16. The summed E-state index contributed by atoms with van der Waals surface area (Å²) >= 11 is 0. The molecule has 1 saturated heterocycles. The largest absolute Gasteiger partial charge is 0.368 e. The molecular weight excluding hydrogens is 258 g/mol. The Balaban J connectivity index is 1.75. The molecule has 1 saturated carbocycles. The summed E-state index contributed by atoms with van der Waals surface area (Å²) in [5, 5.41) is 3.53. The molecule has 1 aromatic heterocycles. The van der Waals surface area contributed by atoms with Gasteiger partial charge in [-0.1, -0.05) is 19.8 Å². The lowest BCUT2D eigenvalue weighted by atomic mass is 9.95. The van der Waals surface area contributed by atoms with E-state index in [1.807, 2.05) is 6.20 Å². The van der Waals surface area contributed by atoms with Crippen LogP contribution in [0.25, 0.3) is 0 Å². The summed E-state index contributed by atoms with van der Waals surface area (Å²) in [6.45, 7) is 5.48. The Morgan fingerprint density at radius 1 is 1.24 bits per heavy atom. The second-order valence-corrected chi connectivity index (χ2v) is 6.63. The van der Waals surface area contributed by atoms with Crippen LogP contribution in [0, 0.1) is 5.92 Å². The van der Waals surface area contributed by atoms with Crippen molar-refractivity contribution in [3.05, 3.63) is 24.0 Å². The van der Waals surface area contributed by atoms with Crippen molar-refractivity contribution in [2.24, 2.45) is 5.92 Å². The van der Waals surface area contributed by atoms with Crippen LogP contribution in [0.3, 0.4) is 0 Å². The minimum Gasteiger partial charge on any atom is -0.368 e. The molecule has 0 amide bonds. The molecule has 1 aromatic rings. The van der Waals surface area contributed by atoms with E-state index >= 15 is 0 Å². The van der Waals surface area contributed by atoms with Crippen LogP contribution >= 0.6 is 0 Å². The van der Waals surface area contributed by atoms with Crippen LogP contribution in [0.5, 0.6) is 0 Å². The average Bonchev–Trinajstić information content (AvgIpc) is 3.19. The summed E-state index contributed by atoms with van der Waals surface area (Å²) in [7, 11) is 0. The van der Waals surface area contributed by atoms with Crippen molar-refractivity contribution in [2.75, 3.05) is 18.0 Å². The summed E-state index contributed by atoms with van der Waals surface area (Å²) in [6, 6.07) is 3.01. The van der Waals surface area contributed by atoms with Crippen molar-refractivity contribution in [1.29, 1.82) is 0 Å². The van der Waals surface area contributed by atoms with E-state index in [1.165, 1.54) is 62.7 Å². The summed E-state index contributed by atoms with van der Waals surface area (Å²) in [6.07, 6.45) is 13.7. The molecule has 1 atom stereocenters. The lowest BCUT2D eigenvalue weighted by molar-refractivity contribution is 0.430. The number of aromatic nitrogens is 1. The molecule has 0 bridgehead atoms. The van der Waals surface area contributed by atoms with Crippen LogP contribution in [0.2, 0.25) is 0 Å². The van der Waals surface area contributed by atoms with Crippen LogP contribution in [0.15, 0.2) is 18.5 Å². The first-order valence-electron chi connectivity index (χ1n) is 8.80. The van der Waals surface area contributed by atoms with Crippen molar-refractivity contribution in [1.82, 2.24) is 10.3 Å². The van der Waals surface area contributed by atoms with Gasteiger partial charge in [0.05, 0.1) is 0 Å². The van der Waals surface area contributed by atoms with Gasteiger partial charge in [-0.25, -0.2) is 0 Å². The highest BCUT2D eigenvalue weighted by molar-refractivity contribution is 5.54. The number of rotatable bonds is 6. The minimum absolute atomic E-state index is 0.778. The van der Waals surface area contributed by atoms with Gasteiger partial charge < -0.3 is 10.2 Å². The highest BCUT2D eigenvalue weighted by atomic mass is 15.2. The second-order valence-electron chi connectivity index (χ2n) is 6.63. The van der Waals surface area contributed by atoms with Crippen LogP contribution < -0.4 is 10.2 Å². The molecule has 3 heteroatoms. The molecule has 0 spiro atoms. The van der Waals surface area contributed by atoms with Gasteiger partial charge in [-0.15, -0.1) is 0 Å². The SMILES string of the molecule is CCCNCc1cnccc1N1CCCC1C1CCCC1. The van der Waals surface area contributed by atoms with Gasteiger partial charge >= 0.3 is 0 Å². The fourth-order valence-corrected chi connectivity index (χ4v) is 4.16. The maximum Gasteiger partial charge on any atom is 0.0445 e. The van der Waals surface area contributed by atoms with Crippen LogP contribution in [-0.4, -0.2) is 24.1 Å². The van der Waals surface area contributed by atoms with Crippen molar-refractivity contribution < 1.29 is 0 Å². The Hall–Kier alpha value is -1.09. The third-order valence-electron chi connectivity index (χ3n) is 5.17. The van der Waals surface area contributed by atoms with Crippen molar-refractivity contribution in [3.8, 4) is 0 Å².